The van der Waals surface area contributed by atoms with Gasteiger partial charge >= 0.3 is 0 Å². The minimum atomic E-state index is -0.140. The van der Waals surface area contributed by atoms with Crippen LogP contribution in [0.3, 0.4) is 0 Å². The third kappa shape index (κ3) is 3.09. The van der Waals surface area contributed by atoms with E-state index in [0.717, 1.165) is 25.2 Å². The number of aldehydes is 1. The quantitative estimate of drug-likeness (QED) is 0.609. The van der Waals surface area contributed by atoms with Gasteiger partial charge in [-0.05, 0) is 32.2 Å². The molecule has 14 heavy (non-hydrogen) atoms. The van der Waals surface area contributed by atoms with Crippen LogP contribution in [0.1, 0.15) is 39.5 Å². The van der Waals surface area contributed by atoms with Crippen LogP contribution in [0.5, 0.6) is 0 Å². The van der Waals surface area contributed by atoms with Gasteiger partial charge in [-0.3, -0.25) is 0 Å². The van der Waals surface area contributed by atoms with Gasteiger partial charge in [0.2, 0.25) is 0 Å². The van der Waals surface area contributed by atoms with Crippen molar-refractivity contribution in [1.29, 1.82) is 0 Å². The van der Waals surface area contributed by atoms with E-state index in [0.29, 0.717) is 0 Å². The van der Waals surface area contributed by atoms with E-state index in [1.165, 1.54) is 25.8 Å². The second kappa shape index (κ2) is 4.92. The first-order chi connectivity index (χ1) is 6.59. The maximum atomic E-state index is 10.9. The van der Waals surface area contributed by atoms with Crippen molar-refractivity contribution in [3.05, 3.63) is 0 Å². The van der Waals surface area contributed by atoms with E-state index in [2.05, 4.69) is 25.8 Å². The van der Waals surface area contributed by atoms with Crippen LogP contribution in [-0.2, 0) is 4.79 Å². The summed E-state index contributed by atoms with van der Waals surface area (Å²) >= 11 is 0. The third-order valence-corrected chi connectivity index (χ3v) is 3.52. The molecule has 0 aromatic carbocycles. The molecule has 0 radical (unpaired) electrons. The molecular formula is C12H23NO. The molecule has 0 N–H and O–H groups in total. The molecule has 1 aliphatic rings. The molecule has 0 aliphatic heterocycles. The first-order valence-electron chi connectivity index (χ1n) is 5.74. The Morgan fingerprint density at radius 3 is 2.50 bits per heavy atom. The van der Waals surface area contributed by atoms with Crippen LogP contribution in [0, 0.1) is 11.3 Å². The van der Waals surface area contributed by atoms with Crippen molar-refractivity contribution < 1.29 is 4.79 Å². The van der Waals surface area contributed by atoms with Crippen LogP contribution in [0.25, 0.3) is 0 Å². The highest BCUT2D eigenvalue weighted by Crippen LogP contribution is 2.28. The second-order valence-corrected chi connectivity index (χ2v) is 5.12. The lowest BCUT2D eigenvalue weighted by atomic mass is 9.84. The predicted octanol–water partition coefficient (Wildman–Crippen LogP) is 2.33. The Morgan fingerprint density at radius 1 is 1.50 bits per heavy atom. The molecule has 2 nitrogen and oxygen atoms in total. The van der Waals surface area contributed by atoms with Crippen molar-refractivity contribution in [3.8, 4) is 0 Å². The fraction of sp³-hybridized carbons (Fsp3) is 0.917. The van der Waals surface area contributed by atoms with Crippen molar-refractivity contribution in [2.45, 2.75) is 39.5 Å². The number of carbonyl (C=O) groups is 1. The molecule has 1 fully saturated rings. The van der Waals surface area contributed by atoms with E-state index in [1.54, 1.807) is 0 Å². The Labute approximate surface area is 87.7 Å². The van der Waals surface area contributed by atoms with Gasteiger partial charge in [0.15, 0.2) is 0 Å². The summed E-state index contributed by atoms with van der Waals surface area (Å²) in [7, 11) is 2.13. The van der Waals surface area contributed by atoms with Crippen LogP contribution < -0.4 is 0 Å². The van der Waals surface area contributed by atoms with Gasteiger partial charge in [-0.25, -0.2) is 0 Å². The molecule has 0 bridgehead atoms. The van der Waals surface area contributed by atoms with Crippen LogP contribution in [0.2, 0.25) is 0 Å². The number of hydrogen-bond acceptors (Lipinski definition) is 2. The molecule has 1 atom stereocenters. The van der Waals surface area contributed by atoms with Crippen molar-refractivity contribution in [2.24, 2.45) is 11.3 Å². The molecule has 0 amide bonds. The topological polar surface area (TPSA) is 20.3 Å². The fourth-order valence-corrected chi connectivity index (χ4v) is 2.03. The van der Waals surface area contributed by atoms with Crippen LogP contribution in [0.15, 0.2) is 0 Å². The van der Waals surface area contributed by atoms with Crippen LogP contribution >= 0.6 is 0 Å². The Morgan fingerprint density at radius 2 is 2.14 bits per heavy atom. The average Bonchev–Trinajstić information content (AvgIpc) is 2.11. The van der Waals surface area contributed by atoms with Crippen molar-refractivity contribution >= 4 is 6.29 Å². The van der Waals surface area contributed by atoms with E-state index >= 15 is 0 Å². The van der Waals surface area contributed by atoms with Gasteiger partial charge in [0, 0.05) is 18.5 Å². The minimum absolute atomic E-state index is 0.140. The smallest absolute Gasteiger partial charge is 0.127 e. The zero-order chi connectivity index (χ0) is 10.6. The SMILES string of the molecule is CCC(C)(C=O)CN(C)CC1CCC1. The maximum absolute atomic E-state index is 10.9. The first kappa shape index (κ1) is 11.7. The Balaban J connectivity index is 2.29. The summed E-state index contributed by atoms with van der Waals surface area (Å²) in [6.45, 7) is 6.22. The number of hydrogen-bond donors (Lipinski definition) is 0. The number of rotatable bonds is 6. The van der Waals surface area contributed by atoms with Gasteiger partial charge in [0.1, 0.15) is 6.29 Å². The Kier molecular flexibility index (Phi) is 4.11. The van der Waals surface area contributed by atoms with Crippen molar-refractivity contribution in [3.63, 3.8) is 0 Å². The highest BCUT2D eigenvalue weighted by atomic mass is 16.1. The van der Waals surface area contributed by atoms with E-state index in [-0.39, 0.29) is 5.41 Å². The molecule has 0 saturated heterocycles. The fourth-order valence-electron chi connectivity index (χ4n) is 2.03. The predicted molar refractivity (Wildman–Crippen MR) is 59.3 cm³/mol. The molecule has 0 spiro atoms. The standard InChI is InChI=1S/C12H23NO/c1-4-12(2,10-14)9-13(3)8-11-6-5-7-11/h10-11H,4-9H2,1-3H3. The zero-order valence-electron chi connectivity index (χ0n) is 9.75. The molecule has 1 unspecified atom stereocenters. The first-order valence-corrected chi connectivity index (χ1v) is 5.74. The van der Waals surface area contributed by atoms with E-state index in [1.807, 2.05) is 0 Å². The Hall–Kier alpha value is -0.370. The Bertz CT molecular complexity index is 189. The number of nitrogens with zero attached hydrogens (tertiary/aromatic N) is 1. The lowest BCUT2D eigenvalue weighted by Crippen LogP contribution is -2.38. The van der Waals surface area contributed by atoms with E-state index in [4.69, 9.17) is 0 Å². The largest absolute Gasteiger partial charge is 0.305 e. The van der Waals surface area contributed by atoms with Gasteiger partial charge in [-0.1, -0.05) is 20.3 Å². The van der Waals surface area contributed by atoms with E-state index in [9.17, 15) is 4.79 Å². The van der Waals surface area contributed by atoms with Gasteiger partial charge in [-0.2, -0.15) is 0 Å². The highest BCUT2D eigenvalue weighted by Gasteiger charge is 2.25. The maximum Gasteiger partial charge on any atom is 0.127 e. The van der Waals surface area contributed by atoms with Crippen LogP contribution in [0.4, 0.5) is 0 Å². The summed E-state index contributed by atoms with van der Waals surface area (Å²) < 4.78 is 0. The summed E-state index contributed by atoms with van der Waals surface area (Å²) in [6, 6.07) is 0. The summed E-state index contributed by atoms with van der Waals surface area (Å²) in [5, 5.41) is 0. The average molecular weight is 197 g/mol. The van der Waals surface area contributed by atoms with E-state index < -0.39 is 0 Å². The van der Waals surface area contributed by atoms with Gasteiger partial charge < -0.3 is 9.69 Å². The third-order valence-electron chi connectivity index (χ3n) is 3.52. The van der Waals surface area contributed by atoms with Gasteiger partial charge in [0.25, 0.3) is 0 Å². The molecule has 82 valence electrons. The second-order valence-electron chi connectivity index (χ2n) is 5.12. The highest BCUT2D eigenvalue weighted by molar-refractivity contribution is 5.58. The van der Waals surface area contributed by atoms with Crippen molar-refractivity contribution in [2.75, 3.05) is 20.1 Å². The van der Waals surface area contributed by atoms with Gasteiger partial charge in [0.05, 0.1) is 0 Å². The molecule has 0 aromatic heterocycles. The minimum Gasteiger partial charge on any atom is -0.305 e. The number of carbonyl (C=O) groups excluding carboxylic acids is 1. The summed E-state index contributed by atoms with van der Waals surface area (Å²) in [5.41, 5.74) is -0.140. The molecule has 0 aromatic rings. The molecule has 0 heterocycles. The van der Waals surface area contributed by atoms with Crippen molar-refractivity contribution in [1.82, 2.24) is 4.90 Å². The molecule has 1 rings (SSSR count). The lowest BCUT2D eigenvalue weighted by molar-refractivity contribution is -0.116. The molecular weight excluding hydrogens is 174 g/mol. The summed E-state index contributed by atoms with van der Waals surface area (Å²) in [6.07, 6.45) is 6.22. The summed E-state index contributed by atoms with van der Waals surface area (Å²) in [5.74, 6) is 0.896. The monoisotopic (exact) mass is 197 g/mol. The molecule has 1 aliphatic carbocycles. The molecule has 1 saturated carbocycles. The normalized spacial score (nSPS) is 21.7. The van der Waals surface area contributed by atoms with Gasteiger partial charge in [-0.15, -0.1) is 0 Å². The lowest BCUT2D eigenvalue weighted by Gasteiger charge is -2.33. The molecule has 2 heteroatoms. The zero-order valence-corrected chi connectivity index (χ0v) is 9.75. The summed E-state index contributed by atoms with van der Waals surface area (Å²) in [4.78, 5) is 13.3. The van der Waals surface area contributed by atoms with Crippen LogP contribution in [-0.4, -0.2) is 31.3 Å².